The van der Waals surface area contributed by atoms with Crippen molar-refractivity contribution in [1.82, 2.24) is 14.9 Å². The van der Waals surface area contributed by atoms with Gasteiger partial charge in [0.2, 0.25) is 5.95 Å². The molecule has 9 heteroatoms. The normalized spacial score (nSPS) is 21.8. The van der Waals surface area contributed by atoms with E-state index in [1.807, 2.05) is 4.90 Å². The number of morpholine rings is 1. The zero-order valence-electron chi connectivity index (χ0n) is 17.7. The Morgan fingerprint density at radius 1 is 1.06 bits per heavy atom. The maximum atomic E-state index is 13.4. The summed E-state index contributed by atoms with van der Waals surface area (Å²) in [7, 11) is 0. The van der Waals surface area contributed by atoms with Gasteiger partial charge in [0.25, 0.3) is 5.91 Å². The van der Waals surface area contributed by atoms with Crippen LogP contribution in [0.3, 0.4) is 0 Å². The van der Waals surface area contributed by atoms with E-state index in [2.05, 4.69) is 9.97 Å². The van der Waals surface area contributed by atoms with Crippen LogP contribution in [0.4, 0.5) is 10.3 Å². The number of hydrogen-bond donors (Lipinski definition) is 0. The Bertz CT molecular complexity index is 1000. The van der Waals surface area contributed by atoms with Crippen molar-refractivity contribution in [2.24, 2.45) is 5.92 Å². The molecular formula is C23H25FN4O4. The molecule has 3 aliphatic heterocycles. The van der Waals surface area contributed by atoms with Crippen LogP contribution in [0, 0.1) is 11.7 Å². The largest absolute Gasteiger partial charge is 0.489 e. The summed E-state index contributed by atoms with van der Waals surface area (Å²) in [5.74, 6) is 0.616. The highest BCUT2D eigenvalue weighted by molar-refractivity contribution is 6.00. The molecule has 2 fully saturated rings. The molecule has 0 bridgehead atoms. The Balaban J connectivity index is 1.18. The fourth-order valence-electron chi connectivity index (χ4n) is 4.60. The number of rotatable bonds is 3. The van der Waals surface area contributed by atoms with Crippen molar-refractivity contribution in [3.05, 3.63) is 47.5 Å². The molecule has 2 aromatic rings. The monoisotopic (exact) mass is 440 g/mol. The molecule has 1 amide bonds. The SMILES string of the molecule is O=C1C[C@@H](C2CCN(C(=O)c3cnc(N4CCOCC4)nc3)CC2)Oc2ccc(F)cc21. The second-order valence-corrected chi connectivity index (χ2v) is 8.42. The number of carbonyl (C=O) groups excluding carboxylic acids is 2. The number of benzene rings is 1. The third kappa shape index (κ3) is 4.17. The van der Waals surface area contributed by atoms with Gasteiger partial charge in [-0.2, -0.15) is 0 Å². The van der Waals surface area contributed by atoms with Gasteiger partial charge in [-0.15, -0.1) is 0 Å². The number of hydrogen-bond acceptors (Lipinski definition) is 7. The Hall–Kier alpha value is -3.07. The van der Waals surface area contributed by atoms with Gasteiger partial charge >= 0.3 is 0 Å². The van der Waals surface area contributed by atoms with Crippen molar-refractivity contribution in [3.8, 4) is 5.75 Å². The zero-order valence-corrected chi connectivity index (χ0v) is 17.7. The van der Waals surface area contributed by atoms with E-state index >= 15 is 0 Å². The third-order valence-corrected chi connectivity index (χ3v) is 6.44. The Labute approximate surface area is 185 Å². The number of ketones is 1. The van der Waals surface area contributed by atoms with Crippen LogP contribution in [-0.2, 0) is 4.74 Å². The average Bonchev–Trinajstić information content (AvgIpc) is 2.85. The van der Waals surface area contributed by atoms with Crippen LogP contribution in [0.25, 0.3) is 0 Å². The molecule has 1 aromatic carbocycles. The van der Waals surface area contributed by atoms with Gasteiger partial charge in [-0.1, -0.05) is 0 Å². The van der Waals surface area contributed by atoms with Crippen LogP contribution >= 0.6 is 0 Å². The fourth-order valence-corrected chi connectivity index (χ4v) is 4.60. The second kappa shape index (κ2) is 8.82. The molecule has 8 nitrogen and oxygen atoms in total. The first kappa shape index (κ1) is 20.8. The summed E-state index contributed by atoms with van der Waals surface area (Å²) in [6, 6.07) is 4.07. The van der Waals surface area contributed by atoms with E-state index in [-0.39, 0.29) is 30.1 Å². The molecule has 168 valence electrons. The molecular weight excluding hydrogens is 415 g/mol. The lowest BCUT2D eigenvalue weighted by atomic mass is 9.86. The first-order chi connectivity index (χ1) is 15.6. The van der Waals surface area contributed by atoms with E-state index in [1.165, 1.54) is 18.2 Å². The van der Waals surface area contributed by atoms with Gasteiger partial charge in [-0.25, -0.2) is 14.4 Å². The summed E-state index contributed by atoms with van der Waals surface area (Å²) >= 11 is 0. The molecule has 1 atom stereocenters. The number of likely N-dealkylation sites (tertiary alicyclic amines) is 1. The lowest BCUT2D eigenvalue weighted by Crippen LogP contribution is -2.44. The predicted molar refractivity (Wildman–Crippen MR) is 113 cm³/mol. The number of aromatic nitrogens is 2. The topological polar surface area (TPSA) is 84.9 Å². The Kier molecular flexibility index (Phi) is 5.73. The van der Waals surface area contributed by atoms with Gasteiger partial charge < -0.3 is 19.3 Å². The van der Waals surface area contributed by atoms with Crippen LogP contribution in [0.2, 0.25) is 0 Å². The number of ether oxygens (including phenoxy) is 2. The molecule has 0 aliphatic carbocycles. The van der Waals surface area contributed by atoms with Gasteiger partial charge in [0.1, 0.15) is 17.7 Å². The molecule has 0 radical (unpaired) electrons. The molecule has 0 unspecified atom stereocenters. The summed E-state index contributed by atoms with van der Waals surface area (Å²) in [6.45, 7) is 3.95. The van der Waals surface area contributed by atoms with Gasteiger partial charge in [0, 0.05) is 45.0 Å². The van der Waals surface area contributed by atoms with E-state index in [0.29, 0.717) is 49.1 Å². The van der Waals surface area contributed by atoms with Crippen LogP contribution in [0.1, 0.15) is 40.0 Å². The minimum Gasteiger partial charge on any atom is -0.489 e. The summed E-state index contributed by atoms with van der Waals surface area (Å²) < 4.78 is 24.8. The van der Waals surface area contributed by atoms with Gasteiger partial charge in [0.05, 0.1) is 24.3 Å². The molecule has 3 aliphatic rings. The van der Waals surface area contributed by atoms with Crippen LogP contribution in [0.15, 0.2) is 30.6 Å². The zero-order chi connectivity index (χ0) is 22.1. The summed E-state index contributed by atoms with van der Waals surface area (Å²) in [5, 5.41) is 0. The summed E-state index contributed by atoms with van der Waals surface area (Å²) in [6.07, 6.45) is 4.66. The predicted octanol–water partition coefficient (Wildman–Crippen LogP) is 2.34. The quantitative estimate of drug-likeness (QED) is 0.724. The van der Waals surface area contributed by atoms with Gasteiger partial charge in [-0.05, 0) is 37.0 Å². The molecule has 0 N–H and O–H groups in total. The molecule has 4 heterocycles. The number of fused-ring (bicyclic) bond motifs is 1. The Morgan fingerprint density at radius 2 is 1.78 bits per heavy atom. The van der Waals surface area contributed by atoms with Gasteiger partial charge in [-0.3, -0.25) is 9.59 Å². The highest BCUT2D eigenvalue weighted by Gasteiger charge is 2.35. The fraction of sp³-hybridized carbons (Fsp3) is 0.478. The van der Waals surface area contributed by atoms with E-state index in [4.69, 9.17) is 9.47 Å². The van der Waals surface area contributed by atoms with Crippen LogP contribution < -0.4 is 9.64 Å². The molecule has 1 aromatic heterocycles. The van der Waals surface area contributed by atoms with E-state index in [9.17, 15) is 14.0 Å². The van der Waals surface area contributed by atoms with Crippen molar-refractivity contribution >= 4 is 17.6 Å². The number of halogens is 1. The maximum absolute atomic E-state index is 13.4. The van der Waals surface area contributed by atoms with Crippen LogP contribution in [-0.4, -0.2) is 72.1 Å². The standard InChI is InChI=1S/C23H25FN4O4/c24-17-1-2-20-18(11-17)19(29)12-21(32-20)15-3-5-27(6-4-15)22(30)16-13-25-23(26-14-16)28-7-9-31-10-8-28/h1-2,11,13-15,21H,3-10,12H2/t21-/m0/s1. The molecule has 5 rings (SSSR count). The molecule has 0 saturated carbocycles. The van der Waals surface area contributed by atoms with E-state index in [0.717, 1.165) is 25.9 Å². The smallest absolute Gasteiger partial charge is 0.256 e. The lowest BCUT2D eigenvalue weighted by Gasteiger charge is -2.37. The van der Waals surface area contributed by atoms with Crippen molar-refractivity contribution in [2.45, 2.75) is 25.4 Å². The van der Waals surface area contributed by atoms with Crippen molar-refractivity contribution in [3.63, 3.8) is 0 Å². The second-order valence-electron chi connectivity index (χ2n) is 8.42. The van der Waals surface area contributed by atoms with Crippen molar-refractivity contribution in [1.29, 1.82) is 0 Å². The minimum absolute atomic E-state index is 0.0848. The summed E-state index contributed by atoms with van der Waals surface area (Å²) in [4.78, 5) is 38.0. The molecule has 2 saturated heterocycles. The molecule has 32 heavy (non-hydrogen) atoms. The van der Waals surface area contributed by atoms with Crippen molar-refractivity contribution in [2.75, 3.05) is 44.3 Å². The number of anilines is 1. The van der Waals surface area contributed by atoms with Crippen molar-refractivity contribution < 1.29 is 23.5 Å². The maximum Gasteiger partial charge on any atom is 0.256 e. The Morgan fingerprint density at radius 3 is 2.50 bits per heavy atom. The highest BCUT2D eigenvalue weighted by atomic mass is 19.1. The lowest BCUT2D eigenvalue weighted by molar-refractivity contribution is 0.0451. The molecule has 0 spiro atoms. The first-order valence-electron chi connectivity index (χ1n) is 11.0. The number of amides is 1. The van der Waals surface area contributed by atoms with Gasteiger partial charge in [0.15, 0.2) is 5.78 Å². The van der Waals surface area contributed by atoms with E-state index in [1.54, 1.807) is 17.3 Å². The van der Waals surface area contributed by atoms with Crippen LogP contribution in [0.5, 0.6) is 5.75 Å². The minimum atomic E-state index is -0.437. The number of carbonyl (C=O) groups is 2. The summed E-state index contributed by atoms with van der Waals surface area (Å²) in [5.41, 5.74) is 0.787. The number of nitrogens with zero attached hydrogens (tertiary/aromatic N) is 4. The number of piperidine rings is 1. The first-order valence-corrected chi connectivity index (χ1v) is 11.0. The van der Waals surface area contributed by atoms with E-state index < -0.39 is 5.82 Å². The third-order valence-electron chi connectivity index (χ3n) is 6.44. The highest BCUT2D eigenvalue weighted by Crippen LogP contribution is 2.34. The average molecular weight is 440 g/mol. The number of Topliss-reactive ketones (excluding diaryl/α,β-unsaturated/α-hetero) is 1.